The Morgan fingerprint density at radius 1 is 1.06 bits per heavy atom. The number of carbonyl (C=O) groups is 4. The van der Waals surface area contributed by atoms with Gasteiger partial charge in [-0.3, -0.25) is 14.4 Å². The van der Waals surface area contributed by atoms with Crippen molar-refractivity contribution in [2.24, 2.45) is 0 Å². The number of carbonyl (C=O) groups excluding carboxylic acids is 4. The van der Waals surface area contributed by atoms with Crippen molar-refractivity contribution in [2.45, 2.75) is 65.1 Å². The van der Waals surface area contributed by atoms with Crippen LogP contribution in [0.2, 0.25) is 0 Å². The number of amides is 3. The summed E-state index contributed by atoms with van der Waals surface area (Å²) in [6, 6.07) is 4.41. The largest absolute Gasteiger partial charge is 0.466 e. The second-order valence-electron chi connectivity index (χ2n) is 8.98. The van der Waals surface area contributed by atoms with E-state index >= 15 is 0 Å². The summed E-state index contributed by atoms with van der Waals surface area (Å²) in [7, 11) is 0. The smallest absolute Gasteiger partial charge is 0.408 e. The lowest BCUT2D eigenvalue weighted by molar-refractivity contribution is -0.145. The predicted molar refractivity (Wildman–Crippen MR) is 132 cm³/mol. The van der Waals surface area contributed by atoms with E-state index in [4.69, 9.17) is 9.47 Å². The summed E-state index contributed by atoms with van der Waals surface area (Å²) in [4.78, 5) is 51.6. The molecule has 1 rings (SSSR count). The molecule has 4 N–H and O–H groups in total. The van der Waals surface area contributed by atoms with Crippen LogP contribution in [-0.4, -0.2) is 83.5 Å². The molecule has 0 saturated carbocycles. The monoisotopic (exact) mass is 509 g/mol. The molecule has 11 heteroatoms. The summed E-state index contributed by atoms with van der Waals surface area (Å²) >= 11 is 0. The van der Waals surface area contributed by atoms with E-state index in [2.05, 4.69) is 10.6 Å². The van der Waals surface area contributed by atoms with Crippen molar-refractivity contribution in [2.75, 3.05) is 32.9 Å². The first-order chi connectivity index (χ1) is 17.0. The number of alkyl carbamates (subject to hydrolysis) is 1. The van der Waals surface area contributed by atoms with Gasteiger partial charge in [-0.2, -0.15) is 0 Å². The van der Waals surface area contributed by atoms with Gasteiger partial charge in [0.1, 0.15) is 17.7 Å². The molecule has 3 amide bonds. The number of esters is 1. The van der Waals surface area contributed by atoms with Crippen LogP contribution >= 0.6 is 0 Å². The molecule has 202 valence electrons. The number of benzene rings is 1. The van der Waals surface area contributed by atoms with E-state index in [-0.39, 0.29) is 26.1 Å². The van der Waals surface area contributed by atoms with Crippen LogP contribution in [0.15, 0.2) is 24.3 Å². The lowest BCUT2D eigenvalue weighted by Gasteiger charge is -2.33. The van der Waals surface area contributed by atoms with Gasteiger partial charge in [0.05, 0.1) is 26.2 Å². The van der Waals surface area contributed by atoms with Crippen LogP contribution in [-0.2, 0) is 30.3 Å². The minimum Gasteiger partial charge on any atom is -0.466 e. The second kappa shape index (κ2) is 15.0. The number of hydrogen-bond acceptors (Lipinski definition) is 8. The number of aliphatic hydroxyl groups is 2. The number of rotatable bonds is 13. The van der Waals surface area contributed by atoms with Crippen molar-refractivity contribution in [3.63, 3.8) is 0 Å². The predicted octanol–water partition coefficient (Wildman–Crippen LogP) is 1.07. The highest BCUT2D eigenvalue weighted by Gasteiger charge is 2.35. The Bertz CT molecular complexity index is 867. The van der Waals surface area contributed by atoms with E-state index in [0.29, 0.717) is 5.56 Å². The van der Waals surface area contributed by atoms with Crippen LogP contribution in [0.3, 0.4) is 0 Å². The first-order valence-electron chi connectivity index (χ1n) is 12.0. The highest BCUT2D eigenvalue weighted by Crippen LogP contribution is 2.23. The summed E-state index contributed by atoms with van der Waals surface area (Å²) in [5.41, 5.74) is 0.636. The summed E-state index contributed by atoms with van der Waals surface area (Å²) in [6.45, 7) is 7.30. The van der Waals surface area contributed by atoms with E-state index in [1.54, 1.807) is 39.8 Å². The molecule has 11 nitrogen and oxygen atoms in total. The van der Waals surface area contributed by atoms with Crippen LogP contribution < -0.4 is 10.6 Å². The van der Waals surface area contributed by atoms with Gasteiger partial charge in [-0.05, 0) is 45.2 Å². The van der Waals surface area contributed by atoms with Crippen molar-refractivity contribution in [1.29, 1.82) is 0 Å². The highest BCUT2D eigenvalue weighted by molar-refractivity contribution is 5.92. The van der Waals surface area contributed by atoms with Crippen LogP contribution in [0.4, 0.5) is 4.79 Å². The third-order valence-electron chi connectivity index (χ3n) is 4.99. The zero-order valence-corrected chi connectivity index (χ0v) is 21.7. The summed E-state index contributed by atoms with van der Waals surface area (Å²) in [5, 5.41) is 24.5. The molecule has 1 aromatic carbocycles. The standard InChI is InChI=1S/C25H39N3O8/c1-6-17-8-10-18(11-9-17)21(22(32)26-13-12-20(31)35-7-2)28(14-15-29)23(33)19(16-30)27-24(34)36-25(3,4)5/h8-11,19,21,29-30H,6-7,12-16H2,1-5H3,(H,26,32)(H,27,34). The molecule has 0 aliphatic rings. The first kappa shape index (κ1) is 30.9. The van der Waals surface area contributed by atoms with E-state index in [1.807, 2.05) is 19.1 Å². The van der Waals surface area contributed by atoms with Crippen molar-refractivity contribution in [3.05, 3.63) is 35.4 Å². The normalized spacial score (nSPS) is 12.8. The van der Waals surface area contributed by atoms with Gasteiger partial charge in [0.2, 0.25) is 11.8 Å². The molecule has 0 bridgehead atoms. The quantitative estimate of drug-likeness (QED) is 0.288. The number of aliphatic hydroxyl groups excluding tert-OH is 2. The molecule has 0 aliphatic heterocycles. The molecule has 0 heterocycles. The van der Waals surface area contributed by atoms with Gasteiger partial charge in [-0.25, -0.2) is 4.79 Å². The first-order valence-corrected chi connectivity index (χ1v) is 12.0. The average molecular weight is 510 g/mol. The van der Waals surface area contributed by atoms with Crippen molar-refractivity contribution < 1.29 is 38.9 Å². The van der Waals surface area contributed by atoms with Crippen LogP contribution in [0, 0.1) is 0 Å². The van der Waals surface area contributed by atoms with Crippen molar-refractivity contribution in [1.82, 2.24) is 15.5 Å². The Kier molecular flexibility index (Phi) is 12.9. The number of nitrogens with zero attached hydrogens (tertiary/aromatic N) is 1. The maximum Gasteiger partial charge on any atom is 0.408 e. The summed E-state index contributed by atoms with van der Waals surface area (Å²) in [5.74, 6) is -1.87. The molecule has 0 aliphatic carbocycles. The minimum atomic E-state index is -1.42. The van der Waals surface area contributed by atoms with Gasteiger partial charge in [0.15, 0.2) is 0 Å². The van der Waals surface area contributed by atoms with E-state index < -0.39 is 54.8 Å². The van der Waals surface area contributed by atoms with E-state index in [1.165, 1.54) is 0 Å². The Balaban J connectivity index is 3.25. The van der Waals surface area contributed by atoms with E-state index in [9.17, 15) is 29.4 Å². The Labute approximate surface area is 212 Å². The maximum absolute atomic E-state index is 13.4. The number of ether oxygens (including phenoxy) is 2. The fourth-order valence-electron chi connectivity index (χ4n) is 3.34. The van der Waals surface area contributed by atoms with Crippen molar-refractivity contribution >= 4 is 23.9 Å². The van der Waals surface area contributed by atoms with Gasteiger partial charge in [-0.15, -0.1) is 0 Å². The molecular weight excluding hydrogens is 470 g/mol. The fraction of sp³-hybridized carbons (Fsp3) is 0.600. The zero-order chi connectivity index (χ0) is 27.3. The lowest BCUT2D eigenvalue weighted by Crippen LogP contribution is -2.55. The SMILES string of the molecule is CCOC(=O)CCNC(=O)C(c1ccc(CC)cc1)N(CCO)C(=O)C(CO)NC(=O)OC(C)(C)C. The molecule has 1 aromatic rings. The molecule has 2 atom stereocenters. The third-order valence-corrected chi connectivity index (χ3v) is 4.99. The molecule has 0 aromatic heterocycles. The summed E-state index contributed by atoms with van der Waals surface area (Å²) < 4.78 is 10.0. The Morgan fingerprint density at radius 3 is 2.19 bits per heavy atom. The van der Waals surface area contributed by atoms with Gasteiger partial charge in [-0.1, -0.05) is 31.2 Å². The third kappa shape index (κ3) is 10.2. The molecule has 0 radical (unpaired) electrons. The van der Waals surface area contributed by atoms with E-state index in [0.717, 1.165) is 16.9 Å². The van der Waals surface area contributed by atoms with Crippen LogP contribution in [0.5, 0.6) is 0 Å². The highest BCUT2D eigenvalue weighted by atomic mass is 16.6. The summed E-state index contributed by atoms with van der Waals surface area (Å²) in [6.07, 6.45) is -0.210. The van der Waals surface area contributed by atoms with Gasteiger partial charge < -0.3 is 35.2 Å². The van der Waals surface area contributed by atoms with Crippen LogP contribution in [0.25, 0.3) is 0 Å². The van der Waals surface area contributed by atoms with Gasteiger partial charge in [0.25, 0.3) is 0 Å². The molecular formula is C25H39N3O8. The van der Waals surface area contributed by atoms with Crippen LogP contribution in [0.1, 0.15) is 58.2 Å². The molecule has 0 spiro atoms. The molecule has 36 heavy (non-hydrogen) atoms. The molecule has 2 unspecified atom stereocenters. The Hall–Kier alpha value is -3.18. The second-order valence-corrected chi connectivity index (χ2v) is 8.98. The molecule has 0 fully saturated rings. The van der Waals surface area contributed by atoms with Crippen molar-refractivity contribution in [3.8, 4) is 0 Å². The molecule has 0 saturated heterocycles. The number of nitrogens with one attached hydrogen (secondary N) is 2. The lowest BCUT2D eigenvalue weighted by atomic mass is 10.0. The number of aryl methyl sites for hydroxylation is 1. The number of hydrogen-bond donors (Lipinski definition) is 4. The fourth-order valence-corrected chi connectivity index (χ4v) is 3.34. The maximum atomic E-state index is 13.4. The average Bonchev–Trinajstić information content (AvgIpc) is 2.81. The Morgan fingerprint density at radius 2 is 1.69 bits per heavy atom. The topological polar surface area (TPSA) is 154 Å². The van der Waals surface area contributed by atoms with Gasteiger partial charge in [0, 0.05) is 13.1 Å². The zero-order valence-electron chi connectivity index (χ0n) is 21.7. The minimum absolute atomic E-state index is 0.0258. The van der Waals surface area contributed by atoms with Gasteiger partial charge >= 0.3 is 12.1 Å².